The Balaban J connectivity index is 1.91. The van der Waals surface area contributed by atoms with Crippen molar-refractivity contribution in [3.8, 4) is 0 Å². The molecule has 2 N–H and O–H groups in total. The Labute approximate surface area is 91.8 Å². The predicted octanol–water partition coefficient (Wildman–Crippen LogP) is 0.529. The first-order chi connectivity index (χ1) is 7.33. The smallest absolute Gasteiger partial charge is 0.222 e. The average molecular weight is 214 g/mol. The summed E-state index contributed by atoms with van der Waals surface area (Å²) in [6.45, 7) is 6.19. The number of amides is 1. The highest BCUT2D eigenvalue weighted by Gasteiger charge is 2.13. The van der Waals surface area contributed by atoms with Crippen molar-refractivity contribution in [2.24, 2.45) is 5.92 Å². The summed E-state index contributed by atoms with van der Waals surface area (Å²) in [5.74, 6) is 0.853. The summed E-state index contributed by atoms with van der Waals surface area (Å²) in [5, 5.41) is 6.24. The molecule has 88 valence electrons. The van der Waals surface area contributed by atoms with E-state index in [0.29, 0.717) is 19.6 Å². The second kappa shape index (κ2) is 7.65. The van der Waals surface area contributed by atoms with Crippen LogP contribution in [0.25, 0.3) is 0 Å². The minimum Gasteiger partial charge on any atom is -0.381 e. The van der Waals surface area contributed by atoms with E-state index in [0.717, 1.165) is 32.0 Å². The number of nitrogens with one attached hydrogen (secondary N) is 2. The Morgan fingerprint density at radius 1 is 1.60 bits per heavy atom. The molecule has 1 amide bonds. The van der Waals surface area contributed by atoms with Crippen LogP contribution < -0.4 is 10.6 Å². The quantitative estimate of drug-likeness (QED) is 0.608. The van der Waals surface area contributed by atoms with Crippen molar-refractivity contribution in [2.75, 3.05) is 32.8 Å². The van der Waals surface area contributed by atoms with Gasteiger partial charge < -0.3 is 15.4 Å². The van der Waals surface area contributed by atoms with Crippen molar-refractivity contribution in [2.45, 2.75) is 26.2 Å². The predicted molar refractivity (Wildman–Crippen MR) is 59.7 cm³/mol. The Hall–Kier alpha value is -0.610. The highest BCUT2D eigenvalue weighted by Crippen LogP contribution is 2.10. The highest BCUT2D eigenvalue weighted by molar-refractivity contribution is 5.75. The molecule has 0 aromatic heterocycles. The molecule has 1 unspecified atom stereocenters. The van der Waals surface area contributed by atoms with Crippen LogP contribution in [0.4, 0.5) is 0 Å². The number of carbonyl (C=O) groups excluding carboxylic acids is 1. The van der Waals surface area contributed by atoms with E-state index < -0.39 is 0 Å². The number of hydrogen-bond donors (Lipinski definition) is 2. The lowest BCUT2D eigenvalue weighted by Crippen LogP contribution is -2.27. The summed E-state index contributed by atoms with van der Waals surface area (Å²) < 4.78 is 5.11. The van der Waals surface area contributed by atoms with Crippen LogP contribution in [0, 0.1) is 5.92 Å². The fraction of sp³-hybridized carbons (Fsp3) is 0.909. The molecule has 4 nitrogen and oxygen atoms in total. The summed E-state index contributed by atoms with van der Waals surface area (Å²) in [6, 6.07) is 0. The molecule has 1 aliphatic heterocycles. The maximum Gasteiger partial charge on any atom is 0.222 e. The van der Waals surface area contributed by atoms with E-state index in [1.165, 1.54) is 6.42 Å². The molecule has 1 rings (SSSR count). The first-order valence-corrected chi connectivity index (χ1v) is 5.88. The molecule has 0 saturated carbocycles. The van der Waals surface area contributed by atoms with Gasteiger partial charge in [0.1, 0.15) is 0 Å². The lowest BCUT2D eigenvalue weighted by molar-refractivity contribution is -0.122. The first-order valence-electron chi connectivity index (χ1n) is 5.88. The third kappa shape index (κ3) is 5.74. The van der Waals surface area contributed by atoms with Crippen LogP contribution in [0.5, 0.6) is 0 Å². The van der Waals surface area contributed by atoms with E-state index in [1.807, 2.05) is 6.92 Å². The SMILES string of the molecule is CCOCCC(=O)NCCC1CCNC1. The molecule has 1 fully saturated rings. The van der Waals surface area contributed by atoms with Crippen molar-refractivity contribution < 1.29 is 9.53 Å². The van der Waals surface area contributed by atoms with E-state index in [4.69, 9.17) is 4.74 Å². The summed E-state index contributed by atoms with van der Waals surface area (Å²) in [7, 11) is 0. The second-order valence-corrected chi connectivity index (χ2v) is 3.94. The Bertz CT molecular complexity index is 179. The van der Waals surface area contributed by atoms with Gasteiger partial charge in [-0.1, -0.05) is 0 Å². The van der Waals surface area contributed by atoms with Gasteiger partial charge in [-0.15, -0.1) is 0 Å². The highest BCUT2D eigenvalue weighted by atomic mass is 16.5. The van der Waals surface area contributed by atoms with Crippen LogP contribution in [0.2, 0.25) is 0 Å². The summed E-state index contributed by atoms with van der Waals surface area (Å²) in [5.41, 5.74) is 0. The van der Waals surface area contributed by atoms with Crippen LogP contribution in [-0.4, -0.2) is 38.8 Å². The van der Waals surface area contributed by atoms with Crippen LogP contribution in [-0.2, 0) is 9.53 Å². The fourth-order valence-electron chi connectivity index (χ4n) is 1.77. The number of rotatable bonds is 7. The van der Waals surface area contributed by atoms with Gasteiger partial charge in [-0.25, -0.2) is 0 Å². The molecule has 1 atom stereocenters. The zero-order valence-electron chi connectivity index (χ0n) is 9.55. The van der Waals surface area contributed by atoms with Gasteiger partial charge in [-0.2, -0.15) is 0 Å². The third-order valence-corrected chi connectivity index (χ3v) is 2.71. The van der Waals surface area contributed by atoms with Crippen LogP contribution in [0.3, 0.4) is 0 Å². The monoisotopic (exact) mass is 214 g/mol. The average Bonchev–Trinajstić information content (AvgIpc) is 2.71. The molecule has 0 aromatic carbocycles. The second-order valence-electron chi connectivity index (χ2n) is 3.94. The molecule has 0 bridgehead atoms. The van der Waals surface area contributed by atoms with Crippen LogP contribution >= 0.6 is 0 Å². The van der Waals surface area contributed by atoms with Crippen molar-refractivity contribution in [3.05, 3.63) is 0 Å². The van der Waals surface area contributed by atoms with Gasteiger partial charge in [-0.05, 0) is 38.8 Å². The molecule has 0 spiro atoms. The normalized spacial score (nSPS) is 20.5. The van der Waals surface area contributed by atoms with Crippen LogP contribution in [0.15, 0.2) is 0 Å². The van der Waals surface area contributed by atoms with E-state index in [9.17, 15) is 4.79 Å². The maximum absolute atomic E-state index is 11.3. The molecule has 0 aliphatic carbocycles. The summed E-state index contributed by atoms with van der Waals surface area (Å²) in [4.78, 5) is 11.3. The zero-order chi connectivity index (χ0) is 10.9. The molecular formula is C11H22N2O2. The van der Waals surface area contributed by atoms with Gasteiger partial charge in [0, 0.05) is 19.6 Å². The molecule has 0 radical (unpaired) electrons. The van der Waals surface area contributed by atoms with Crippen molar-refractivity contribution in [3.63, 3.8) is 0 Å². The van der Waals surface area contributed by atoms with E-state index in [1.54, 1.807) is 0 Å². The number of hydrogen-bond acceptors (Lipinski definition) is 3. The molecular weight excluding hydrogens is 192 g/mol. The largest absolute Gasteiger partial charge is 0.381 e. The van der Waals surface area contributed by atoms with Gasteiger partial charge in [0.15, 0.2) is 0 Å². The van der Waals surface area contributed by atoms with E-state index >= 15 is 0 Å². The van der Waals surface area contributed by atoms with Crippen molar-refractivity contribution in [1.29, 1.82) is 0 Å². The fourth-order valence-corrected chi connectivity index (χ4v) is 1.77. The van der Waals surface area contributed by atoms with Crippen molar-refractivity contribution >= 4 is 5.91 Å². The van der Waals surface area contributed by atoms with Gasteiger partial charge in [-0.3, -0.25) is 4.79 Å². The molecule has 1 saturated heterocycles. The standard InChI is InChI=1S/C11H22N2O2/c1-2-15-8-5-11(14)13-7-4-10-3-6-12-9-10/h10,12H,2-9H2,1H3,(H,13,14). The van der Waals surface area contributed by atoms with Gasteiger partial charge in [0.2, 0.25) is 5.91 Å². The summed E-state index contributed by atoms with van der Waals surface area (Å²) >= 11 is 0. The number of ether oxygens (including phenoxy) is 1. The van der Waals surface area contributed by atoms with Gasteiger partial charge in [0.05, 0.1) is 6.61 Å². The maximum atomic E-state index is 11.3. The molecule has 1 heterocycles. The lowest BCUT2D eigenvalue weighted by Gasteiger charge is -2.09. The van der Waals surface area contributed by atoms with E-state index in [-0.39, 0.29) is 5.91 Å². The lowest BCUT2D eigenvalue weighted by atomic mass is 10.1. The zero-order valence-corrected chi connectivity index (χ0v) is 9.55. The topological polar surface area (TPSA) is 50.4 Å². The molecule has 0 aromatic rings. The molecule has 4 heteroatoms. The summed E-state index contributed by atoms with van der Waals surface area (Å²) in [6.07, 6.45) is 2.82. The Morgan fingerprint density at radius 2 is 2.47 bits per heavy atom. The Morgan fingerprint density at radius 3 is 3.13 bits per heavy atom. The molecule has 1 aliphatic rings. The van der Waals surface area contributed by atoms with E-state index in [2.05, 4.69) is 10.6 Å². The number of carbonyl (C=O) groups is 1. The molecule has 15 heavy (non-hydrogen) atoms. The van der Waals surface area contributed by atoms with Gasteiger partial charge >= 0.3 is 0 Å². The Kier molecular flexibility index (Phi) is 6.36. The minimum absolute atomic E-state index is 0.106. The minimum atomic E-state index is 0.106. The third-order valence-electron chi connectivity index (χ3n) is 2.71. The van der Waals surface area contributed by atoms with Gasteiger partial charge in [0.25, 0.3) is 0 Å². The van der Waals surface area contributed by atoms with Crippen LogP contribution in [0.1, 0.15) is 26.2 Å². The first kappa shape index (κ1) is 12.5. The van der Waals surface area contributed by atoms with Crippen molar-refractivity contribution in [1.82, 2.24) is 10.6 Å².